The molecule has 0 radical (unpaired) electrons. The zero-order valence-corrected chi connectivity index (χ0v) is 19.8. The average Bonchev–Trinajstić information content (AvgIpc) is 3.03. The van der Waals surface area contributed by atoms with E-state index in [9.17, 15) is 19.2 Å². The first kappa shape index (κ1) is 23.5. The number of hydrogen-bond donors (Lipinski definition) is 0. The zero-order valence-electron chi connectivity index (χ0n) is 17.5. The van der Waals surface area contributed by atoms with E-state index in [1.807, 2.05) is 19.1 Å². The number of amides is 3. The van der Waals surface area contributed by atoms with Crippen LogP contribution in [0.2, 0.25) is 15.1 Å². The standard InChI is InChI=1S/C24H19Cl3N2O4/c1-13-3-2-4-18-21(13)24(33)29(23(18)32)28(12-20(30)14-5-7-15(25)8-6-14)22(31)17-10-9-16(26)11-19(17)27/h2-3,5-11,13,18,21H,4,12H2,1H3/t13-,18-,21-/m1/s1. The smallest absolute Gasteiger partial charge is 0.274 e. The van der Waals surface area contributed by atoms with Crippen molar-refractivity contribution < 1.29 is 19.2 Å². The first-order valence-corrected chi connectivity index (χ1v) is 11.4. The lowest BCUT2D eigenvalue weighted by Crippen LogP contribution is -2.52. The summed E-state index contributed by atoms with van der Waals surface area (Å²) in [5, 5.41) is 2.52. The predicted octanol–water partition coefficient (Wildman–Crippen LogP) is 5.08. The van der Waals surface area contributed by atoms with Gasteiger partial charge >= 0.3 is 0 Å². The molecule has 0 spiro atoms. The summed E-state index contributed by atoms with van der Waals surface area (Å²) in [6.07, 6.45) is 4.14. The van der Waals surface area contributed by atoms with Gasteiger partial charge in [-0.15, -0.1) is 0 Å². The number of halogens is 3. The number of nitrogens with zero attached hydrogens (tertiary/aromatic N) is 2. The van der Waals surface area contributed by atoms with Gasteiger partial charge in [-0.05, 0) is 54.8 Å². The second kappa shape index (κ2) is 9.29. The fourth-order valence-electron chi connectivity index (χ4n) is 4.27. The Morgan fingerprint density at radius 3 is 2.30 bits per heavy atom. The van der Waals surface area contributed by atoms with Crippen molar-refractivity contribution in [3.05, 3.63) is 80.8 Å². The van der Waals surface area contributed by atoms with E-state index >= 15 is 0 Å². The Balaban J connectivity index is 1.73. The lowest BCUT2D eigenvalue weighted by Gasteiger charge is -2.30. The molecule has 1 saturated heterocycles. The van der Waals surface area contributed by atoms with Gasteiger partial charge in [-0.25, -0.2) is 5.01 Å². The molecule has 3 amide bonds. The quantitative estimate of drug-likeness (QED) is 0.322. The lowest BCUT2D eigenvalue weighted by atomic mass is 9.78. The van der Waals surface area contributed by atoms with E-state index in [-0.39, 0.29) is 22.1 Å². The highest BCUT2D eigenvalue weighted by atomic mass is 35.5. The van der Waals surface area contributed by atoms with E-state index in [1.165, 1.54) is 30.3 Å². The first-order valence-electron chi connectivity index (χ1n) is 10.3. The number of rotatable bonds is 5. The molecule has 4 rings (SSSR count). The van der Waals surface area contributed by atoms with Gasteiger partial charge in [-0.1, -0.05) is 53.9 Å². The number of benzene rings is 2. The van der Waals surface area contributed by atoms with Gasteiger partial charge in [0.15, 0.2) is 5.78 Å². The Morgan fingerprint density at radius 2 is 1.67 bits per heavy atom. The molecule has 1 aliphatic carbocycles. The van der Waals surface area contributed by atoms with Crippen molar-refractivity contribution in [2.75, 3.05) is 6.54 Å². The Labute approximate surface area is 205 Å². The van der Waals surface area contributed by atoms with E-state index in [4.69, 9.17) is 34.8 Å². The summed E-state index contributed by atoms with van der Waals surface area (Å²) in [5.74, 6) is -3.59. The molecule has 1 heterocycles. The second-order valence-electron chi connectivity index (χ2n) is 8.06. The second-order valence-corrected chi connectivity index (χ2v) is 9.34. The molecule has 33 heavy (non-hydrogen) atoms. The van der Waals surface area contributed by atoms with Crippen LogP contribution in [0.15, 0.2) is 54.6 Å². The van der Waals surface area contributed by atoms with Crippen LogP contribution in [0.25, 0.3) is 0 Å². The minimum absolute atomic E-state index is 0.0200. The van der Waals surface area contributed by atoms with Gasteiger partial charge in [-0.2, -0.15) is 5.01 Å². The largest absolute Gasteiger partial charge is 0.292 e. The molecule has 170 valence electrons. The van der Waals surface area contributed by atoms with Crippen LogP contribution >= 0.6 is 34.8 Å². The monoisotopic (exact) mass is 504 g/mol. The van der Waals surface area contributed by atoms with E-state index < -0.39 is 41.9 Å². The Hall–Kier alpha value is -2.67. The highest BCUT2D eigenvalue weighted by Gasteiger charge is 2.53. The Morgan fingerprint density at radius 1 is 1.00 bits per heavy atom. The predicted molar refractivity (Wildman–Crippen MR) is 125 cm³/mol. The molecule has 2 aromatic carbocycles. The van der Waals surface area contributed by atoms with Crippen LogP contribution in [0, 0.1) is 17.8 Å². The summed E-state index contributed by atoms with van der Waals surface area (Å²) in [4.78, 5) is 53.2. The van der Waals surface area contributed by atoms with Crippen molar-refractivity contribution in [2.45, 2.75) is 13.3 Å². The van der Waals surface area contributed by atoms with Crippen molar-refractivity contribution in [1.82, 2.24) is 10.0 Å². The molecule has 1 aliphatic heterocycles. The molecule has 0 bridgehead atoms. The summed E-state index contributed by atoms with van der Waals surface area (Å²) in [6.45, 7) is 1.32. The molecule has 6 nitrogen and oxygen atoms in total. The third kappa shape index (κ3) is 4.43. The van der Waals surface area contributed by atoms with Gasteiger partial charge in [0.05, 0.1) is 22.4 Å². The number of carbonyl (C=O) groups excluding carboxylic acids is 4. The molecule has 2 aromatic rings. The Kier molecular flexibility index (Phi) is 6.61. The van der Waals surface area contributed by atoms with E-state index in [1.54, 1.807) is 12.1 Å². The molecule has 0 N–H and O–H groups in total. The number of fused-ring (bicyclic) bond motifs is 1. The number of hydrogen-bond acceptors (Lipinski definition) is 4. The van der Waals surface area contributed by atoms with Gasteiger partial charge in [0, 0.05) is 15.6 Å². The number of imide groups is 1. The number of hydrazine groups is 1. The highest BCUT2D eigenvalue weighted by Crippen LogP contribution is 2.39. The summed E-state index contributed by atoms with van der Waals surface area (Å²) >= 11 is 18.1. The topological polar surface area (TPSA) is 74.8 Å². The van der Waals surface area contributed by atoms with Crippen LogP contribution in [0.5, 0.6) is 0 Å². The fourth-order valence-corrected chi connectivity index (χ4v) is 4.88. The molecular weight excluding hydrogens is 487 g/mol. The SMILES string of the molecule is C[C@@H]1C=CC[C@H]2C(=O)N(N(CC(=O)c3ccc(Cl)cc3)C(=O)c3ccc(Cl)cc3Cl)C(=O)[C@H]12. The molecule has 0 aromatic heterocycles. The van der Waals surface area contributed by atoms with Crippen molar-refractivity contribution >= 4 is 58.3 Å². The summed E-state index contributed by atoms with van der Waals surface area (Å²) in [7, 11) is 0. The van der Waals surface area contributed by atoms with Gasteiger partial charge in [-0.3, -0.25) is 19.2 Å². The van der Waals surface area contributed by atoms with Crippen LogP contribution in [-0.2, 0) is 9.59 Å². The number of allylic oxidation sites excluding steroid dienone is 2. The third-order valence-corrected chi connectivity index (χ3v) is 6.75. The number of Topliss-reactive ketones (excluding diaryl/α,β-unsaturated/α-hetero) is 1. The maximum atomic E-state index is 13.5. The average molecular weight is 506 g/mol. The van der Waals surface area contributed by atoms with E-state index in [0.717, 1.165) is 10.0 Å². The van der Waals surface area contributed by atoms with Crippen LogP contribution in [-0.4, -0.2) is 40.1 Å². The maximum Gasteiger partial charge on any atom is 0.274 e. The Bertz CT molecular complexity index is 1180. The summed E-state index contributed by atoms with van der Waals surface area (Å²) < 4.78 is 0. The molecule has 1 fully saturated rings. The molecule has 2 aliphatic rings. The van der Waals surface area contributed by atoms with Crippen LogP contribution in [0.3, 0.4) is 0 Å². The van der Waals surface area contributed by atoms with E-state index in [2.05, 4.69) is 0 Å². The van der Waals surface area contributed by atoms with Gasteiger partial charge in [0.2, 0.25) is 0 Å². The minimum atomic E-state index is -0.750. The highest BCUT2D eigenvalue weighted by molar-refractivity contribution is 6.36. The number of carbonyl (C=O) groups is 4. The van der Waals surface area contributed by atoms with Gasteiger partial charge in [0.25, 0.3) is 17.7 Å². The summed E-state index contributed by atoms with van der Waals surface area (Å²) in [5.41, 5.74) is 0.303. The van der Waals surface area contributed by atoms with Crippen molar-refractivity contribution in [3.63, 3.8) is 0 Å². The van der Waals surface area contributed by atoms with Crippen LogP contribution in [0.1, 0.15) is 34.1 Å². The summed E-state index contributed by atoms with van der Waals surface area (Å²) in [6, 6.07) is 10.4. The van der Waals surface area contributed by atoms with Gasteiger partial charge < -0.3 is 0 Å². The van der Waals surface area contributed by atoms with Crippen molar-refractivity contribution in [3.8, 4) is 0 Å². The van der Waals surface area contributed by atoms with Gasteiger partial charge in [0.1, 0.15) is 6.54 Å². The van der Waals surface area contributed by atoms with Crippen molar-refractivity contribution in [1.29, 1.82) is 0 Å². The maximum absolute atomic E-state index is 13.5. The third-order valence-electron chi connectivity index (χ3n) is 5.95. The van der Waals surface area contributed by atoms with Crippen LogP contribution in [0.4, 0.5) is 0 Å². The molecule has 3 atom stereocenters. The first-order chi connectivity index (χ1) is 15.7. The normalized spacial score (nSPS) is 21.8. The minimum Gasteiger partial charge on any atom is -0.292 e. The zero-order chi connectivity index (χ0) is 23.9. The number of ketones is 1. The van der Waals surface area contributed by atoms with E-state index in [0.29, 0.717) is 16.5 Å². The van der Waals surface area contributed by atoms with Crippen molar-refractivity contribution in [2.24, 2.45) is 17.8 Å². The van der Waals surface area contributed by atoms with Crippen LogP contribution < -0.4 is 0 Å². The molecule has 0 saturated carbocycles. The molecule has 9 heteroatoms. The fraction of sp³-hybridized carbons (Fsp3) is 0.250. The molecular formula is C24H19Cl3N2O4. The molecule has 0 unspecified atom stereocenters. The lowest BCUT2D eigenvalue weighted by molar-refractivity contribution is -0.154.